The van der Waals surface area contributed by atoms with Gasteiger partial charge in [0.05, 0.1) is 32.6 Å². The second-order valence-electron chi connectivity index (χ2n) is 7.40. The van der Waals surface area contributed by atoms with Crippen LogP contribution in [0.1, 0.15) is 34.2 Å². The third-order valence-corrected chi connectivity index (χ3v) is 5.58. The zero-order valence-electron chi connectivity index (χ0n) is 17.5. The van der Waals surface area contributed by atoms with Crippen molar-refractivity contribution in [2.75, 3.05) is 19.1 Å². The number of nitrogens with zero attached hydrogens (tertiary/aromatic N) is 1. The van der Waals surface area contributed by atoms with Gasteiger partial charge < -0.3 is 24.1 Å². The highest BCUT2D eigenvalue weighted by atomic mass is 16.5. The second-order valence-corrected chi connectivity index (χ2v) is 7.40. The van der Waals surface area contributed by atoms with Crippen molar-refractivity contribution in [1.82, 2.24) is 5.32 Å². The van der Waals surface area contributed by atoms with E-state index in [2.05, 4.69) is 35.3 Å². The van der Waals surface area contributed by atoms with Crippen LogP contribution in [0.15, 0.2) is 59.2 Å². The number of ether oxygens (including phenoxy) is 2. The average molecular weight is 406 g/mol. The molecule has 4 rings (SSSR count). The van der Waals surface area contributed by atoms with E-state index in [-0.39, 0.29) is 5.91 Å². The van der Waals surface area contributed by atoms with Crippen LogP contribution in [0.2, 0.25) is 0 Å². The van der Waals surface area contributed by atoms with Crippen molar-refractivity contribution in [1.29, 1.82) is 0 Å². The number of hydrogen-bond acceptors (Lipinski definition) is 5. The molecule has 2 heterocycles. The largest absolute Gasteiger partial charge is 0.493 e. The van der Waals surface area contributed by atoms with Gasteiger partial charge in [-0.25, -0.2) is 0 Å². The van der Waals surface area contributed by atoms with Crippen LogP contribution in [-0.2, 0) is 19.5 Å². The number of anilines is 1. The lowest BCUT2D eigenvalue weighted by atomic mass is 10.1. The molecule has 1 unspecified atom stereocenters. The number of nitrogens with one attached hydrogen (secondary N) is 1. The van der Waals surface area contributed by atoms with Gasteiger partial charge >= 0.3 is 0 Å². The Morgan fingerprint density at radius 2 is 1.97 bits per heavy atom. The maximum absolute atomic E-state index is 12.9. The predicted octanol–water partition coefficient (Wildman–Crippen LogP) is 4.18. The molecule has 1 N–H and O–H groups in total. The number of rotatable bonds is 7. The van der Waals surface area contributed by atoms with Crippen molar-refractivity contribution in [2.24, 2.45) is 0 Å². The molecule has 1 aliphatic heterocycles. The van der Waals surface area contributed by atoms with E-state index >= 15 is 0 Å². The smallest absolute Gasteiger partial charge is 0.255 e. The molecule has 0 aliphatic carbocycles. The maximum Gasteiger partial charge on any atom is 0.255 e. The van der Waals surface area contributed by atoms with Crippen molar-refractivity contribution < 1.29 is 18.7 Å². The normalized spacial score (nSPS) is 15.0. The van der Waals surface area contributed by atoms with Gasteiger partial charge in [-0.05, 0) is 37.1 Å². The van der Waals surface area contributed by atoms with E-state index in [1.807, 2.05) is 24.3 Å². The Kier molecular flexibility index (Phi) is 5.65. The van der Waals surface area contributed by atoms with E-state index in [1.165, 1.54) is 11.3 Å². The Morgan fingerprint density at radius 3 is 2.77 bits per heavy atom. The Morgan fingerprint density at radius 1 is 1.13 bits per heavy atom. The van der Waals surface area contributed by atoms with E-state index in [0.717, 1.165) is 12.0 Å². The molecule has 30 heavy (non-hydrogen) atoms. The highest BCUT2D eigenvalue weighted by Crippen LogP contribution is 2.34. The second kappa shape index (κ2) is 8.53. The maximum atomic E-state index is 12.9. The van der Waals surface area contributed by atoms with Crippen LogP contribution in [0.25, 0.3) is 0 Å². The fourth-order valence-corrected chi connectivity index (χ4v) is 4.05. The van der Waals surface area contributed by atoms with Gasteiger partial charge in [-0.2, -0.15) is 0 Å². The van der Waals surface area contributed by atoms with Crippen LogP contribution in [0.4, 0.5) is 5.69 Å². The van der Waals surface area contributed by atoms with Crippen molar-refractivity contribution in [3.8, 4) is 11.5 Å². The molecule has 0 fully saturated rings. The molecule has 0 bridgehead atoms. The molecule has 0 spiro atoms. The van der Waals surface area contributed by atoms with Gasteiger partial charge in [0.1, 0.15) is 5.76 Å². The summed E-state index contributed by atoms with van der Waals surface area (Å²) in [5.74, 6) is 1.74. The van der Waals surface area contributed by atoms with Crippen molar-refractivity contribution in [3.05, 3.63) is 77.2 Å². The van der Waals surface area contributed by atoms with Crippen LogP contribution in [-0.4, -0.2) is 26.2 Å². The quantitative estimate of drug-likeness (QED) is 0.638. The molecular formula is C24H26N2O4. The first kappa shape index (κ1) is 19.9. The first-order chi connectivity index (χ1) is 14.6. The summed E-state index contributed by atoms with van der Waals surface area (Å²) in [5.41, 5.74) is 3.92. The molecule has 156 valence electrons. The number of amides is 1. The molecule has 0 saturated carbocycles. The van der Waals surface area contributed by atoms with Crippen molar-refractivity contribution in [3.63, 3.8) is 0 Å². The van der Waals surface area contributed by atoms with Gasteiger partial charge in [0, 0.05) is 23.8 Å². The molecule has 0 saturated heterocycles. The van der Waals surface area contributed by atoms with E-state index in [0.29, 0.717) is 42.0 Å². The monoisotopic (exact) mass is 406 g/mol. The lowest BCUT2D eigenvalue weighted by Gasteiger charge is -2.24. The third-order valence-electron chi connectivity index (χ3n) is 5.58. The standard InChI is InChI=1S/C24H26N2O4/c1-16-13-17-7-4-5-9-20(17)26(16)15-22-19(11-12-30-22)24(27)25-14-18-8-6-10-21(28-2)23(18)29-3/h4-12,16H,13-15H2,1-3H3,(H,25,27). The molecule has 1 aromatic heterocycles. The Labute approximate surface area is 176 Å². The van der Waals surface area contributed by atoms with Crippen LogP contribution in [0.3, 0.4) is 0 Å². The van der Waals surface area contributed by atoms with E-state index in [1.54, 1.807) is 26.5 Å². The Hall–Kier alpha value is -3.41. The summed E-state index contributed by atoms with van der Waals surface area (Å²) >= 11 is 0. The summed E-state index contributed by atoms with van der Waals surface area (Å²) in [6, 6.07) is 16.1. The minimum atomic E-state index is -0.177. The van der Waals surface area contributed by atoms with Gasteiger partial charge in [0.2, 0.25) is 0 Å². The molecule has 1 amide bonds. The molecule has 6 heteroatoms. The van der Waals surface area contributed by atoms with Crippen LogP contribution in [0, 0.1) is 0 Å². The number of fused-ring (bicyclic) bond motifs is 1. The van der Waals surface area contributed by atoms with E-state index in [4.69, 9.17) is 13.9 Å². The first-order valence-corrected chi connectivity index (χ1v) is 10.0. The lowest BCUT2D eigenvalue weighted by Crippen LogP contribution is -2.30. The molecule has 6 nitrogen and oxygen atoms in total. The zero-order valence-corrected chi connectivity index (χ0v) is 17.5. The number of benzene rings is 2. The minimum absolute atomic E-state index is 0.177. The number of methoxy groups -OCH3 is 2. The number of para-hydroxylation sites is 2. The third kappa shape index (κ3) is 3.73. The van der Waals surface area contributed by atoms with Gasteiger partial charge in [0.25, 0.3) is 5.91 Å². The summed E-state index contributed by atoms with van der Waals surface area (Å²) in [5, 5.41) is 2.97. The Balaban J connectivity index is 1.48. The number of carbonyl (C=O) groups excluding carboxylic acids is 1. The fraction of sp³-hybridized carbons (Fsp3) is 0.292. The highest BCUT2D eigenvalue weighted by molar-refractivity contribution is 5.95. The molecule has 0 radical (unpaired) electrons. The van der Waals surface area contributed by atoms with Crippen LogP contribution >= 0.6 is 0 Å². The zero-order chi connectivity index (χ0) is 21.1. The summed E-state index contributed by atoms with van der Waals surface area (Å²) in [7, 11) is 3.18. The summed E-state index contributed by atoms with van der Waals surface area (Å²) < 4.78 is 16.5. The van der Waals surface area contributed by atoms with Crippen LogP contribution < -0.4 is 19.7 Å². The summed E-state index contributed by atoms with van der Waals surface area (Å²) in [6.45, 7) is 3.07. The number of hydrogen-bond donors (Lipinski definition) is 1. The molecule has 1 aliphatic rings. The number of furan rings is 1. The summed E-state index contributed by atoms with van der Waals surface area (Å²) in [6.07, 6.45) is 2.57. The van der Waals surface area contributed by atoms with E-state index < -0.39 is 0 Å². The number of carbonyl (C=O) groups is 1. The van der Waals surface area contributed by atoms with Gasteiger partial charge in [0.15, 0.2) is 11.5 Å². The SMILES string of the molecule is COc1cccc(CNC(=O)c2ccoc2CN2c3ccccc3CC2C)c1OC. The summed E-state index contributed by atoms with van der Waals surface area (Å²) in [4.78, 5) is 15.2. The molecule has 1 atom stereocenters. The lowest BCUT2D eigenvalue weighted by molar-refractivity contribution is 0.0948. The van der Waals surface area contributed by atoms with Gasteiger partial charge in [-0.3, -0.25) is 4.79 Å². The fourth-order valence-electron chi connectivity index (χ4n) is 4.05. The molecular weight excluding hydrogens is 380 g/mol. The van der Waals surface area contributed by atoms with Crippen molar-refractivity contribution >= 4 is 11.6 Å². The molecule has 2 aromatic carbocycles. The first-order valence-electron chi connectivity index (χ1n) is 10.0. The van der Waals surface area contributed by atoms with E-state index in [9.17, 15) is 4.79 Å². The van der Waals surface area contributed by atoms with Gasteiger partial charge in [-0.1, -0.05) is 30.3 Å². The highest BCUT2D eigenvalue weighted by Gasteiger charge is 2.28. The molecule has 3 aromatic rings. The minimum Gasteiger partial charge on any atom is -0.493 e. The topological polar surface area (TPSA) is 63.9 Å². The van der Waals surface area contributed by atoms with Gasteiger partial charge in [-0.15, -0.1) is 0 Å². The predicted molar refractivity (Wildman–Crippen MR) is 115 cm³/mol. The Bertz CT molecular complexity index is 1040. The van der Waals surface area contributed by atoms with Crippen LogP contribution in [0.5, 0.6) is 11.5 Å². The van der Waals surface area contributed by atoms with Crippen molar-refractivity contribution in [2.45, 2.75) is 32.5 Å². The average Bonchev–Trinajstić information content (AvgIpc) is 3.36.